The van der Waals surface area contributed by atoms with Crippen molar-refractivity contribution in [1.29, 1.82) is 0 Å². The van der Waals surface area contributed by atoms with Crippen LogP contribution >= 0.6 is 11.6 Å². The zero-order valence-corrected chi connectivity index (χ0v) is 15.5. The Balaban J connectivity index is 0.00000264. The Morgan fingerprint density at radius 1 is 1.22 bits per heavy atom. The van der Waals surface area contributed by atoms with E-state index in [1.165, 1.54) is 19.2 Å². The van der Waals surface area contributed by atoms with Crippen LogP contribution < -0.4 is 45.1 Å². The van der Waals surface area contributed by atoms with Gasteiger partial charge in [0.1, 0.15) is 5.75 Å². The van der Waals surface area contributed by atoms with Gasteiger partial charge in [-0.1, -0.05) is 11.6 Å². The fourth-order valence-electron chi connectivity index (χ4n) is 2.05. The van der Waals surface area contributed by atoms with Crippen molar-refractivity contribution >= 4 is 29.0 Å². The van der Waals surface area contributed by atoms with Crippen LogP contribution in [0.15, 0.2) is 36.4 Å². The van der Waals surface area contributed by atoms with E-state index in [0.29, 0.717) is 16.3 Å². The molecule has 0 unspecified atom stereocenters. The quantitative estimate of drug-likeness (QED) is 0.404. The number of methoxy groups -OCH3 is 1. The van der Waals surface area contributed by atoms with Gasteiger partial charge in [0.2, 0.25) is 0 Å². The summed E-state index contributed by atoms with van der Waals surface area (Å²) >= 11 is 5.80. The number of nitrogen functional groups attached to an aromatic ring is 1. The van der Waals surface area contributed by atoms with Gasteiger partial charge in [-0.05, 0) is 42.0 Å². The first-order valence-electron chi connectivity index (χ1n) is 6.39. The standard InChI is InChI=1S/C16H14ClNO4.Na/c1-22-12-6-10(7-14(19)20)15(18)13(8-12)16(21)9-2-4-11(17)5-3-9;/h2-6,8H,7,18H2,1H3,(H,19,20);/q;+1/p-1. The van der Waals surface area contributed by atoms with E-state index in [1.54, 1.807) is 24.3 Å². The average Bonchev–Trinajstić information content (AvgIpc) is 2.49. The molecule has 0 amide bonds. The number of hydrogen-bond donors (Lipinski definition) is 1. The molecule has 0 heterocycles. The van der Waals surface area contributed by atoms with Crippen molar-refractivity contribution in [2.45, 2.75) is 6.42 Å². The molecule has 0 radical (unpaired) electrons. The number of ketones is 1. The number of carbonyl (C=O) groups excluding carboxylic acids is 2. The van der Waals surface area contributed by atoms with Crippen LogP contribution in [0.25, 0.3) is 0 Å². The third-order valence-corrected chi connectivity index (χ3v) is 3.41. The Bertz CT molecular complexity index is 732. The van der Waals surface area contributed by atoms with Crippen LogP contribution in [0.3, 0.4) is 0 Å². The maximum Gasteiger partial charge on any atom is 1.00 e. The molecule has 0 spiro atoms. The van der Waals surface area contributed by atoms with Gasteiger partial charge in [-0.2, -0.15) is 0 Å². The first kappa shape index (κ1) is 19.5. The van der Waals surface area contributed by atoms with Crippen molar-refractivity contribution in [3.05, 3.63) is 58.1 Å². The molecule has 5 nitrogen and oxygen atoms in total. The first-order chi connectivity index (χ1) is 10.4. The summed E-state index contributed by atoms with van der Waals surface area (Å²) in [4.78, 5) is 23.3. The van der Waals surface area contributed by atoms with E-state index in [9.17, 15) is 14.7 Å². The number of carboxylic acids is 1. The number of anilines is 1. The van der Waals surface area contributed by atoms with E-state index in [-0.39, 0.29) is 52.2 Å². The Labute approximate surface area is 160 Å². The number of nitrogens with two attached hydrogens (primary N) is 1. The third kappa shape index (κ3) is 4.72. The van der Waals surface area contributed by atoms with Crippen molar-refractivity contribution in [2.75, 3.05) is 12.8 Å². The second-order valence-electron chi connectivity index (χ2n) is 4.63. The van der Waals surface area contributed by atoms with E-state index >= 15 is 0 Å². The predicted octanol–water partition coefficient (Wildman–Crippen LogP) is -1.54. The summed E-state index contributed by atoms with van der Waals surface area (Å²) in [7, 11) is 1.42. The van der Waals surface area contributed by atoms with Crippen molar-refractivity contribution < 1.29 is 49.0 Å². The van der Waals surface area contributed by atoms with Gasteiger partial charge in [0.15, 0.2) is 5.78 Å². The summed E-state index contributed by atoms with van der Waals surface area (Å²) in [6, 6.07) is 9.28. The largest absolute Gasteiger partial charge is 1.00 e. The molecular weight excluding hydrogens is 329 g/mol. The second-order valence-corrected chi connectivity index (χ2v) is 5.07. The molecule has 23 heavy (non-hydrogen) atoms. The smallest absolute Gasteiger partial charge is 0.550 e. The molecular formula is C16H13ClNNaO4. The van der Waals surface area contributed by atoms with Crippen LogP contribution in [-0.2, 0) is 11.2 Å². The predicted molar refractivity (Wildman–Crippen MR) is 81.0 cm³/mol. The fourth-order valence-corrected chi connectivity index (χ4v) is 2.17. The van der Waals surface area contributed by atoms with Crippen molar-refractivity contribution in [2.24, 2.45) is 0 Å². The van der Waals surface area contributed by atoms with Gasteiger partial charge in [-0.25, -0.2) is 0 Å². The molecule has 2 N–H and O–H groups in total. The summed E-state index contributed by atoms with van der Waals surface area (Å²) in [5, 5.41) is 11.3. The average molecular weight is 342 g/mol. The monoisotopic (exact) mass is 341 g/mol. The zero-order chi connectivity index (χ0) is 16.3. The SMILES string of the molecule is COc1cc(CC(=O)[O-])c(N)c(C(=O)c2ccc(Cl)cc2)c1.[Na+]. The number of rotatable bonds is 5. The normalized spacial score (nSPS) is 9.83. The molecule has 0 aliphatic rings. The minimum Gasteiger partial charge on any atom is -0.550 e. The van der Waals surface area contributed by atoms with E-state index in [2.05, 4.69) is 0 Å². The molecule has 0 bridgehead atoms. The van der Waals surface area contributed by atoms with Crippen molar-refractivity contribution in [3.63, 3.8) is 0 Å². The molecule has 0 atom stereocenters. The Morgan fingerprint density at radius 2 is 1.83 bits per heavy atom. The van der Waals surface area contributed by atoms with Gasteiger partial charge in [-0.3, -0.25) is 4.79 Å². The summed E-state index contributed by atoms with van der Waals surface area (Å²) in [5.74, 6) is -1.28. The van der Waals surface area contributed by atoms with Gasteiger partial charge < -0.3 is 20.4 Å². The van der Waals surface area contributed by atoms with Gasteiger partial charge >= 0.3 is 29.6 Å². The molecule has 114 valence electrons. The van der Waals surface area contributed by atoms with Crippen LogP contribution in [0.4, 0.5) is 5.69 Å². The summed E-state index contributed by atoms with van der Waals surface area (Å²) in [6.45, 7) is 0. The van der Waals surface area contributed by atoms with Crippen LogP contribution in [0.2, 0.25) is 5.02 Å². The Morgan fingerprint density at radius 3 is 2.35 bits per heavy atom. The summed E-state index contributed by atoms with van der Waals surface area (Å²) in [5.41, 5.74) is 6.88. The van der Waals surface area contributed by atoms with Crippen LogP contribution in [-0.4, -0.2) is 18.9 Å². The minimum absolute atomic E-state index is 0. The minimum atomic E-state index is -1.29. The van der Waals surface area contributed by atoms with Gasteiger partial charge in [0.05, 0.1) is 7.11 Å². The summed E-state index contributed by atoms with van der Waals surface area (Å²) < 4.78 is 5.10. The van der Waals surface area contributed by atoms with Crippen LogP contribution in [0.5, 0.6) is 5.75 Å². The number of hydrogen-bond acceptors (Lipinski definition) is 5. The number of ether oxygens (including phenoxy) is 1. The summed E-state index contributed by atoms with van der Waals surface area (Å²) in [6.07, 6.45) is -0.399. The molecule has 0 aromatic heterocycles. The second kappa shape index (κ2) is 8.36. The third-order valence-electron chi connectivity index (χ3n) is 3.16. The van der Waals surface area contributed by atoms with E-state index in [0.717, 1.165) is 0 Å². The van der Waals surface area contributed by atoms with E-state index < -0.39 is 12.4 Å². The number of carbonyl (C=O) groups is 2. The Hall–Kier alpha value is -1.53. The molecule has 0 fully saturated rings. The zero-order valence-electron chi connectivity index (χ0n) is 12.8. The first-order valence-corrected chi connectivity index (χ1v) is 6.76. The van der Waals surface area contributed by atoms with Gasteiger partial charge in [0.25, 0.3) is 0 Å². The van der Waals surface area contributed by atoms with Crippen LogP contribution in [0, 0.1) is 0 Å². The van der Waals surface area contributed by atoms with Crippen LogP contribution in [0.1, 0.15) is 21.5 Å². The van der Waals surface area contributed by atoms with Gasteiger partial charge in [0, 0.05) is 34.2 Å². The molecule has 0 aliphatic carbocycles. The van der Waals surface area contributed by atoms with E-state index in [1.807, 2.05) is 0 Å². The number of aliphatic carboxylic acids is 1. The Kier molecular flexibility index (Phi) is 7.09. The molecule has 7 heteroatoms. The number of halogens is 1. The topological polar surface area (TPSA) is 92.4 Å². The number of benzene rings is 2. The molecule has 2 aromatic carbocycles. The molecule has 0 aliphatic heterocycles. The molecule has 0 saturated carbocycles. The molecule has 2 aromatic rings. The number of carboxylic acid groups (broad SMARTS) is 1. The van der Waals surface area contributed by atoms with Crippen molar-refractivity contribution in [3.8, 4) is 5.75 Å². The molecule has 0 saturated heterocycles. The van der Waals surface area contributed by atoms with E-state index in [4.69, 9.17) is 22.1 Å². The van der Waals surface area contributed by atoms with Crippen molar-refractivity contribution in [1.82, 2.24) is 0 Å². The maximum absolute atomic E-state index is 12.5. The maximum atomic E-state index is 12.5. The van der Waals surface area contributed by atoms with Gasteiger partial charge in [-0.15, -0.1) is 0 Å². The fraction of sp³-hybridized carbons (Fsp3) is 0.125. The molecule has 2 rings (SSSR count).